The highest BCUT2D eigenvalue weighted by Crippen LogP contribution is 2.34. The van der Waals surface area contributed by atoms with Crippen molar-refractivity contribution in [1.29, 1.82) is 0 Å². The second kappa shape index (κ2) is 11.3. The fourth-order valence-electron chi connectivity index (χ4n) is 4.56. The molecule has 1 aliphatic rings. The number of piperidine rings is 1. The molecule has 1 saturated heterocycles. The average molecular weight is 532 g/mol. The number of fused-ring (bicyclic) bond motifs is 1. The Kier molecular flexibility index (Phi) is 8.15. The fourth-order valence-corrected chi connectivity index (χ4v) is 4.56. The first-order chi connectivity index (χ1) is 18.2. The van der Waals surface area contributed by atoms with Crippen LogP contribution in [0.25, 0.3) is 22.4 Å². The number of likely N-dealkylation sites (tertiary alicyclic amines) is 1. The zero-order valence-electron chi connectivity index (χ0n) is 21.3. The molecule has 7 nitrogen and oxygen atoms in total. The summed E-state index contributed by atoms with van der Waals surface area (Å²) in [5.74, 6) is -1.36. The van der Waals surface area contributed by atoms with Crippen molar-refractivity contribution in [1.82, 2.24) is 20.0 Å². The molecule has 11 heteroatoms. The molecule has 3 heterocycles. The standard InChI is InChI=1S/C25H23F4N5O2.C2H6/c1-14-10-16(23(35)31-18-3-5-21-15(11-18)6-8-30-21)7-9-34(14)13-22-32-24(36-33-22)17-2-4-20(26)19(12-17)25(27,28)29;1-2/h2-6,8,11-12,14,16,30H,7,9-10,13H2,1H3,(H,31,35);1-2H3. The van der Waals surface area contributed by atoms with E-state index in [2.05, 4.69) is 25.3 Å². The molecule has 4 aromatic rings. The van der Waals surface area contributed by atoms with Crippen LogP contribution in [0.1, 0.15) is 45.0 Å². The molecule has 0 spiro atoms. The molecule has 2 atom stereocenters. The van der Waals surface area contributed by atoms with Crippen molar-refractivity contribution in [2.45, 2.75) is 52.4 Å². The number of anilines is 1. The Morgan fingerprint density at radius 3 is 2.71 bits per heavy atom. The van der Waals surface area contributed by atoms with Gasteiger partial charge in [-0.2, -0.15) is 18.2 Å². The summed E-state index contributed by atoms with van der Waals surface area (Å²) in [4.78, 5) is 22.3. The molecule has 38 heavy (non-hydrogen) atoms. The number of hydrogen-bond acceptors (Lipinski definition) is 5. The second-order valence-corrected chi connectivity index (χ2v) is 9.02. The third kappa shape index (κ3) is 6.04. The molecule has 2 N–H and O–H groups in total. The summed E-state index contributed by atoms with van der Waals surface area (Å²) in [7, 11) is 0. The van der Waals surface area contributed by atoms with E-state index < -0.39 is 17.6 Å². The van der Waals surface area contributed by atoms with Gasteiger partial charge in [0.2, 0.25) is 5.91 Å². The van der Waals surface area contributed by atoms with Crippen LogP contribution in [0.5, 0.6) is 0 Å². The van der Waals surface area contributed by atoms with E-state index in [0.29, 0.717) is 37.8 Å². The quantitative estimate of drug-likeness (QED) is 0.282. The first-order valence-electron chi connectivity index (χ1n) is 12.5. The van der Waals surface area contributed by atoms with Gasteiger partial charge in [-0.05, 0) is 68.8 Å². The molecule has 0 aliphatic carbocycles. The highest BCUT2D eigenvalue weighted by Gasteiger charge is 2.35. The average Bonchev–Trinajstić information content (AvgIpc) is 3.55. The number of halogens is 4. The van der Waals surface area contributed by atoms with E-state index in [9.17, 15) is 22.4 Å². The molecule has 1 aliphatic heterocycles. The van der Waals surface area contributed by atoms with Gasteiger partial charge in [0.15, 0.2) is 5.82 Å². The van der Waals surface area contributed by atoms with Gasteiger partial charge >= 0.3 is 6.18 Å². The van der Waals surface area contributed by atoms with Gasteiger partial charge < -0.3 is 14.8 Å². The normalized spacial score (nSPS) is 18.2. The van der Waals surface area contributed by atoms with Gasteiger partial charge in [0.1, 0.15) is 5.82 Å². The van der Waals surface area contributed by atoms with Crippen LogP contribution in [0.2, 0.25) is 0 Å². The number of nitrogens with zero attached hydrogens (tertiary/aromatic N) is 3. The number of aromatic amines is 1. The SMILES string of the molecule is CC.CC1CC(C(=O)Nc2ccc3[nH]ccc3c2)CCN1Cc1noc(-c2ccc(F)c(C(F)(F)F)c2)n1. The molecule has 202 valence electrons. The molecule has 0 saturated carbocycles. The van der Waals surface area contributed by atoms with Gasteiger partial charge in [0.25, 0.3) is 5.89 Å². The van der Waals surface area contributed by atoms with Crippen molar-refractivity contribution in [3.05, 3.63) is 65.9 Å². The predicted octanol–water partition coefficient (Wildman–Crippen LogP) is 6.64. The summed E-state index contributed by atoms with van der Waals surface area (Å²) in [5, 5.41) is 7.90. The fraction of sp³-hybridized carbons (Fsp3) is 0.370. The Hall–Kier alpha value is -3.73. The lowest BCUT2D eigenvalue weighted by Crippen LogP contribution is -2.43. The van der Waals surface area contributed by atoms with Crippen LogP contribution >= 0.6 is 0 Å². The zero-order chi connectivity index (χ0) is 27.4. The number of alkyl halides is 3. The van der Waals surface area contributed by atoms with Crippen molar-refractivity contribution < 1.29 is 26.9 Å². The van der Waals surface area contributed by atoms with Crippen LogP contribution in [0.3, 0.4) is 0 Å². The van der Waals surface area contributed by atoms with E-state index in [1.165, 1.54) is 6.07 Å². The Morgan fingerprint density at radius 1 is 1.18 bits per heavy atom. The van der Waals surface area contributed by atoms with Crippen molar-refractivity contribution >= 4 is 22.5 Å². The van der Waals surface area contributed by atoms with Crippen LogP contribution in [-0.4, -0.2) is 38.5 Å². The van der Waals surface area contributed by atoms with Crippen LogP contribution in [0.15, 0.2) is 53.2 Å². The van der Waals surface area contributed by atoms with Gasteiger partial charge in [-0.3, -0.25) is 9.69 Å². The largest absolute Gasteiger partial charge is 0.419 e. The third-order valence-electron chi connectivity index (χ3n) is 6.54. The molecular formula is C27H29F4N5O2. The van der Waals surface area contributed by atoms with Crippen LogP contribution in [0.4, 0.5) is 23.2 Å². The van der Waals surface area contributed by atoms with Crippen molar-refractivity contribution in [2.24, 2.45) is 5.92 Å². The second-order valence-electron chi connectivity index (χ2n) is 9.02. The highest BCUT2D eigenvalue weighted by atomic mass is 19.4. The monoisotopic (exact) mass is 531 g/mol. The molecular weight excluding hydrogens is 502 g/mol. The minimum atomic E-state index is -4.83. The van der Waals surface area contributed by atoms with E-state index in [4.69, 9.17) is 4.52 Å². The number of hydrogen-bond donors (Lipinski definition) is 2. The summed E-state index contributed by atoms with van der Waals surface area (Å²) >= 11 is 0. The van der Waals surface area contributed by atoms with E-state index in [-0.39, 0.29) is 29.3 Å². The molecule has 2 aromatic heterocycles. The number of rotatable bonds is 5. The van der Waals surface area contributed by atoms with Crippen molar-refractivity contribution in [2.75, 3.05) is 11.9 Å². The van der Waals surface area contributed by atoms with Gasteiger partial charge in [0.05, 0.1) is 12.1 Å². The Morgan fingerprint density at radius 2 is 1.97 bits per heavy atom. The molecule has 1 amide bonds. The first-order valence-corrected chi connectivity index (χ1v) is 12.5. The molecule has 2 unspecified atom stereocenters. The molecule has 5 rings (SSSR count). The number of nitrogens with one attached hydrogen (secondary N) is 2. The van der Waals surface area contributed by atoms with E-state index in [0.717, 1.165) is 22.7 Å². The first kappa shape index (κ1) is 27.3. The summed E-state index contributed by atoms with van der Waals surface area (Å²) < 4.78 is 57.8. The van der Waals surface area contributed by atoms with Gasteiger partial charge in [-0.25, -0.2) is 4.39 Å². The smallest absolute Gasteiger partial charge is 0.361 e. The summed E-state index contributed by atoms with van der Waals surface area (Å²) in [5.41, 5.74) is 0.348. The molecule has 0 bridgehead atoms. The number of carbonyl (C=O) groups excluding carboxylic acids is 1. The van der Waals surface area contributed by atoms with Gasteiger partial charge in [-0.15, -0.1) is 0 Å². The minimum absolute atomic E-state index is 0.0104. The molecule has 0 radical (unpaired) electrons. The van der Waals surface area contributed by atoms with Crippen molar-refractivity contribution in [3.8, 4) is 11.5 Å². The topological polar surface area (TPSA) is 87.0 Å². The molecule has 1 fully saturated rings. The highest BCUT2D eigenvalue weighted by molar-refractivity contribution is 5.95. The minimum Gasteiger partial charge on any atom is -0.361 e. The number of carbonyl (C=O) groups is 1. The lowest BCUT2D eigenvalue weighted by Gasteiger charge is -2.36. The Bertz CT molecular complexity index is 1400. The lowest BCUT2D eigenvalue weighted by molar-refractivity contribution is -0.140. The molecule has 2 aromatic carbocycles. The Labute approximate surface area is 217 Å². The van der Waals surface area contributed by atoms with Crippen molar-refractivity contribution in [3.63, 3.8) is 0 Å². The number of aromatic nitrogens is 3. The van der Waals surface area contributed by atoms with E-state index in [1.54, 1.807) is 0 Å². The van der Waals surface area contributed by atoms with Gasteiger partial charge in [-0.1, -0.05) is 19.0 Å². The Balaban J connectivity index is 0.00000164. The van der Waals surface area contributed by atoms with E-state index >= 15 is 0 Å². The summed E-state index contributed by atoms with van der Waals surface area (Å²) in [6.07, 6.45) is -1.71. The van der Waals surface area contributed by atoms with Crippen LogP contribution < -0.4 is 5.32 Å². The zero-order valence-corrected chi connectivity index (χ0v) is 21.3. The maximum absolute atomic E-state index is 13.6. The van der Waals surface area contributed by atoms with Gasteiger partial charge in [0, 0.05) is 40.3 Å². The number of benzene rings is 2. The number of amides is 1. The maximum atomic E-state index is 13.6. The summed E-state index contributed by atoms with van der Waals surface area (Å²) in [6.45, 7) is 6.94. The third-order valence-corrected chi connectivity index (χ3v) is 6.54. The lowest BCUT2D eigenvalue weighted by atomic mass is 9.90. The summed E-state index contributed by atoms with van der Waals surface area (Å²) in [6, 6.07) is 10.3. The number of H-pyrrole nitrogens is 1. The van der Waals surface area contributed by atoms with Crippen LogP contribution in [0, 0.1) is 11.7 Å². The van der Waals surface area contributed by atoms with Crippen LogP contribution in [-0.2, 0) is 17.5 Å². The van der Waals surface area contributed by atoms with E-state index in [1.807, 2.05) is 51.2 Å². The predicted molar refractivity (Wildman–Crippen MR) is 136 cm³/mol. The maximum Gasteiger partial charge on any atom is 0.419 e.